The average molecular weight is 269 g/mol. The molecule has 1 N–H and O–H groups in total. The van der Waals surface area contributed by atoms with Crippen molar-refractivity contribution in [2.24, 2.45) is 7.05 Å². The van der Waals surface area contributed by atoms with Gasteiger partial charge in [0.05, 0.1) is 5.69 Å². The molecule has 0 amide bonds. The molecule has 1 aromatic heterocycles. The van der Waals surface area contributed by atoms with Crippen molar-refractivity contribution in [3.8, 4) is 0 Å². The summed E-state index contributed by atoms with van der Waals surface area (Å²) in [6.45, 7) is 2.10. The highest BCUT2D eigenvalue weighted by molar-refractivity contribution is 5.32. The lowest BCUT2D eigenvalue weighted by Gasteiger charge is -2.25. The minimum Gasteiger partial charge on any atom is -0.316 e. The first-order chi connectivity index (χ1) is 9.83. The molecule has 3 rings (SSSR count). The van der Waals surface area contributed by atoms with Gasteiger partial charge in [-0.2, -0.15) is 5.10 Å². The Balaban J connectivity index is 1.50. The SMILES string of the molecule is Cn1ccc(CCNCC2CCCc3ccccc32)n1. The molecular weight excluding hydrogens is 246 g/mol. The third-order valence-electron chi connectivity index (χ3n) is 4.21. The number of benzene rings is 1. The van der Waals surface area contributed by atoms with Gasteiger partial charge < -0.3 is 5.32 Å². The Labute approximate surface area is 121 Å². The first kappa shape index (κ1) is 13.4. The van der Waals surface area contributed by atoms with Gasteiger partial charge in [-0.1, -0.05) is 24.3 Å². The summed E-state index contributed by atoms with van der Waals surface area (Å²) in [6, 6.07) is 11.0. The first-order valence-electron chi connectivity index (χ1n) is 7.60. The maximum atomic E-state index is 4.41. The zero-order chi connectivity index (χ0) is 13.8. The second-order valence-electron chi connectivity index (χ2n) is 5.72. The van der Waals surface area contributed by atoms with Crippen LogP contribution in [-0.2, 0) is 19.9 Å². The number of rotatable bonds is 5. The molecule has 1 unspecified atom stereocenters. The standard InChI is InChI=1S/C17H23N3/c1-20-12-10-16(19-20)9-11-18-13-15-7-4-6-14-5-2-3-8-17(14)15/h2-3,5,8,10,12,15,18H,4,6-7,9,11,13H2,1H3. The predicted molar refractivity (Wildman–Crippen MR) is 81.9 cm³/mol. The molecule has 1 heterocycles. The summed E-state index contributed by atoms with van der Waals surface area (Å²) in [7, 11) is 1.97. The topological polar surface area (TPSA) is 29.9 Å². The van der Waals surface area contributed by atoms with Crippen LogP contribution in [0, 0.1) is 0 Å². The maximum Gasteiger partial charge on any atom is 0.0637 e. The van der Waals surface area contributed by atoms with Gasteiger partial charge in [0.1, 0.15) is 0 Å². The lowest BCUT2D eigenvalue weighted by molar-refractivity contribution is 0.507. The second-order valence-corrected chi connectivity index (χ2v) is 5.72. The molecule has 0 saturated heterocycles. The third-order valence-corrected chi connectivity index (χ3v) is 4.21. The fourth-order valence-electron chi connectivity index (χ4n) is 3.16. The Hall–Kier alpha value is -1.61. The zero-order valence-electron chi connectivity index (χ0n) is 12.2. The quantitative estimate of drug-likeness (QED) is 0.846. The van der Waals surface area contributed by atoms with Crippen LogP contribution >= 0.6 is 0 Å². The van der Waals surface area contributed by atoms with Crippen molar-refractivity contribution < 1.29 is 0 Å². The summed E-state index contributed by atoms with van der Waals surface area (Å²) < 4.78 is 1.87. The van der Waals surface area contributed by atoms with Crippen LogP contribution < -0.4 is 5.32 Å². The Morgan fingerprint density at radius 2 is 2.20 bits per heavy atom. The highest BCUT2D eigenvalue weighted by Crippen LogP contribution is 2.30. The van der Waals surface area contributed by atoms with E-state index in [2.05, 4.69) is 40.7 Å². The van der Waals surface area contributed by atoms with Crippen LogP contribution in [0.3, 0.4) is 0 Å². The number of hydrogen-bond acceptors (Lipinski definition) is 2. The highest BCUT2D eigenvalue weighted by Gasteiger charge is 2.18. The van der Waals surface area contributed by atoms with E-state index in [1.54, 1.807) is 11.1 Å². The Morgan fingerprint density at radius 3 is 3.05 bits per heavy atom. The molecule has 0 saturated carbocycles. The van der Waals surface area contributed by atoms with Crippen LogP contribution in [0.1, 0.15) is 35.6 Å². The summed E-state index contributed by atoms with van der Waals surface area (Å²) >= 11 is 0. The van der Waals surface area contributed by atoms with Gasteiger partial charge in [-0.15, -0.1) is 0 Å². The zero-order valence-corrected chi connectivity index (χ0v) is 12.2. The van der Waals surface area contributed by atoms with Gasteiger partial charge in [-0.05, 0) is 42.4 Å². The van der Waals surface area contributed by atoms with Gasteiger partial charge in [0.2, 0.25) is 0 Å². The van der Waals surface area contributed by atoms with Gasteiger partial charge in [-0.25, -0.2) is 0 Å². The number of nitrogens with one attached hydrogen (secondary N) is 1. The molecule has 0 fully saturated rings. The van der Waals surface area contributed by atoms with Crippen molar-refractivity contribution in [1.29, 1.82) is 0 Å². The molecular formula is C17H23N3. The molecule has 1 aromatic carbocycles. The Morgan fingerprint density at radius 1 is 1.30 bits per heavy atom. The average Bonchev–Trinajstić information content (AvgIpc) is 2.89. The van der Waals surface area contributed by atoms with Gasteiger partial charge in [-0.3, -0.25) is 4.68 Å². The van der Waals surface area contributed by atoms with Gasteiger partial charge in [0, 0.05) is 32.8 Å². The van der Waals surface area contributed by atoms with E-state index in [4.69, 9.17) is 0 Å². The van der Waals surface area contributed by atoms with Crippen LogP contribution in [0.15, 0.2) is 36.5 Å². The number of hydrogen-bond donors (Lipinski definition) is 1. The van der Waals surface area contributed by atoms with Crippen LogP contribution in [0.4, 0.5) is 0 Å². The smallest absolute Gasteiger partial charge is 0.0637 e. The van der Waals surface area contributed by atoms with E-state index in [0.29, 0.717) is 5.92 Å². The maximum absolute atomic E-state index is 4.41. The molecule has 0 spiro atoms. The Kier molecular flexibility index (Phi) is 4.16. The van der Waals surface area contributed by atoms with E-state index < -0.39 is 0 Å². The van der Waals surface area contributed by atoms with Crippen LogP contribution in [0.2, 0.25) is 0 Å². The highest BCUT2D eigenvalue weighted by atomic mass is 15.2. The third kappa shape index (κ3) is 3.10. The van der Waals surface area contributed by atoms with Gasteiger partial charge in [0.25, 0.3) is 0 Å². The van der Waals surface area contributed by atoms with Crippen molar-refractivity contribution in [3.63, 3.8) is 0 Å². The van der Waals surface area contributed by atoms with E-state index in [-0.39, 0.29) is 0 Å². The van der Waals surface area contributed by atoms with Crippen LogP contribution in [0.5, 0.6) is 0 Å². The van der Waals surface area contributed by atoms with Crippen LogP contribution in [-0.4, -0.2) is 22.9 Å². The lowest BCUT2D eigenvalue weighted by atomic mass is 9.83. The predicted octanol–water partition coefficient (Wildman–Crippen LogP) is 2.67. The molecule has 0 aliphatic heterocycles. The summed E-state index contributed by atoms with van der Waals surface area (Å²) in [4.78, 5) is 0. The molecule has 0 radical (unpaired) electrons. The molecule has 3 heteroatoms. The lowest BCUT2D eigenvalue weighted by Crippen LogP contribution is -2.26. The summed E-state index contributed by atoms with van der Waals surface area (Å²) in [6.07, 6.45) is 6.90. The van der Waals surface area contributed by atoms with Crippen molar-refractivity contribution in [1.82, 2.24) is 15.1 Å². The van der Waals surface area contributed by atoms with E-state index >= 15 is 0 Å². The summed E-state index contributed by atoms with van der Waals surface area (Å²) in [5, 5.41) is 8.01. The van der Waals surface area contributed by atoms with Crippen molar-refractivity contribution in [2.75, 3.05) is 13.1 Å². The molecule has 2 aromatic rings. The summed E-state index contributed by atoms with van der Waals surface area (Å²) in [5.41, 5.74) is 4.28. The Bertz CT molecular complexity index is 559. The van der Waals surface area contributed by atoms with Gasteiger partial charge in [0.15, 0.2) is 0 Å². The monoisotopic (exact) mass is 269 g/mol. The molecule has 1 aliphatic carbocycles. The van der Waals surface area contributed by atoms with E-state index in [0.717, 1.165) is 19.5 Å². The van der Waals surface area contributed by atoms with Crippen molar-refractivity contribution >= 4 is 0 Å². The summed E-state index contributed by atoms with van der Waals surface area (Å²) in [5.74, 6) is 0.684. The van der Waals surface area contributed by atoms with E-state index in [1.165, 1.54) is 25.0 Å². The second kappa shape index (κ2) is 6.23. The molecule has 0 bridgehead atoms. The molecule has 106 valence electrons. The number of fused-ring (bicyclic) bond motifs is 1. The number of nitrogens with zero attached hydrogens (tertiary/aromatic N) is 2. The fourth-order valence-corrected chi connectivity index (χ4v) is 3.16. The molecule has 1 atom stereocenters. The fraction of sp³-hybridized carbons (Fsp3) is 0.471. The molecule has 1 aliphatic rings. The normalized spacial score (nSPS) is 17.9. The minimum atomic E-state index is 0.684. The molecule has 20 heavy (non-hydrogen) atoms. The molecule has 3 nitrogen and oxygen atoms in total. The number of aryl methyl sites for hydroxylation is 2. The van der Waals surface area contributed by atoms with Crippen molar-refractivity contribution in [2.45, 2.75) is 31.6 Å². The first-order valence-corrected chi connectivity index (χ1v) is 7.60. The number of aromatic nitrogens is 2. The minimum absolute atomic E-state index is 0.684. The van der Waals surface area contributed by atoms with Gasteiger partial charge >= 0.3 is 0 Å². The largest absolute Gasteiger partial charge is 0.316 e. The van der Waals surface area contributed by atoms with Crippen LogP contribution in [0.25, 0.3) is 0 Å². The van der Waals surface area contributed by atoms with Crippen molar-refractivity contribution in [3.05, 3.63) is 53.3 Å². The van der Waals surface area contributed by atoms with E-state index in [9.17, 15) is 0 Å². The van der Waals surface area contributed by atoms with E-state index in [1.807, 2.05) is 17.9 Å².